The lowest BCUT2D eigenvalue weighted by atomic mass is 10.3. The summed E-state index contributed by atoms with van der Waals surface area (Å²) in [6, 6.07) is -1.49. The highest BCUT2D eigenvalue weighted by molar-refractivity contribution is 7.52. The molecule has 4 atom stereocenters. The highest BCUT2D eigenvalue weighted by Gasteiger charge is 2.38. The van der Waals surface area contributed by atoms with E-state index in [0.717, 1.165) is 18.6 Å². The molecule has 0 bridgehead atoms. The van der Waals surface area contributed by atoms with E-state index in [4.69, 9.17) is 9.26 Å². The highest BCUT2D eigenvalue weighted by atomic mass is 31.2. The molecule has 202 valence electrons. The van der Waals surface area contributed by atoms with Crippen LogP contribution in [0.5, 0.6) is 5.75 Å². The van der Waals surface area contributed by atoms with E-state index in [1.807, 2.05) is 5.09 Å². The van der Waals surface area contributed by atoms with Gasteiger partial charge in [0.05, 0.1) is 13.7 Å². The number of nitrogens with one attached hydrogen (secondary N) is 2. The molecule has 0 amide bonds. The molecule has 2 unspecified atom stereocenters. The summed E-state index contributed by atoms with van der Waals surface area (Å²) >= 11 is 0. The number of hydrogen-bond donors (Lipinski definition) is 2. The molecule has 2 N–H and O–H groups in total. The van der Waals surface area contributed by atoms with Gasteiger partial charge in [0, 0.05) is 11.8 Å². The Kier molecular flexibility index (Phi) is 8.37. The number of aromatic amines is 1. The number of H-pyrrole nitrogens is 1. The van der Waals surface area contributed by atoms with Crippen molar-refractivity contribution in [3.05, 3.63) is 73.8 Å². The zero-order valence-electron chi connectivity index (χ0n) is 19.2. The molecular weight excluding hydrogens is 536 g/mol. The number of rotatable bonds is 9. The van der Waals surface area contributed by atoms with Crippen molar-refractivity contribution in [1.82, 2.24) is 14.6 Å². The van der Waals surface area contributed by atoms with Gasteiger partial charge in [-0.15, -0.1) is 0 Å². The van der Waals surface area contributed by atoms with Crippen molar-refractivity contribution in [2.75, 3.05) is 13.7 Å². The first kappa shape index (κ1) is 28.2. The summed E-state index contributed by atoms with van der Waals surface area (Å²) in [4.78, 5) is 37.4. The largest absolute Gasteiger partial charge is 0.468 e. The molecule has 2 aromatic rings. The molecule has 1 aliphatic rings. The number of halogens is 5. The Morgan fingerprint density at radius 3 is 2.32 bits per heavy atom. The zero-order chi connectivity index (χ0) is 27.7. The normalized spacial score (nSPS) is 19.5. The Hall–Kier alpha value is -3.33. The number of esters is 1. The molecule has 11 nitrogen and oxygen atoms in total. The van der Waals surface area contributed by atoms with Gasteiger partial charge in [0.2, 0.25) is 34.8 Å². The maximum absolute atomic E-state index is 14.1. The third kappa shape index (κ3) is 5.98. The van der Waals surface area contributed by atoms with Crippen LogP contribution in [0.2, 0.25) is 0 Å². The van der Waals surface area contributed by atoms with E-state index in [1.165, 1.54) is 25.3 Å². The highest BCUT2D eigenvalue weighted by Crippen LogP contribution is 2.47. The van der Waals surface area contributed by atoms with Crippen molar-refractivity contribution in [3.63, 3.8) is 0 Å². The predicted molar refractivity (Wildman–Crippen MR) is 114 cm³/mol. The first-order chi connectivity index (χ1) is 17.3. The fraction of sp³-hybridized carbons (Fsp3) is 0.350. The number of carbonyl (C=O) groups is 1. The van der Waals surface area contributed by atoms with E-state index in [0.29, 0.717) is 0 Å². The Morgan fingerprint density at radius 2 is 1.73 bits per heavy atom. The number of nitrogens with zero attached hydrogens (tertiary/aromatic N) is 1. The van der Waals surface area contributed by atoms with Crippen molar-refractivity contribution in [2.45, 2.75) is 32.2 Å². The van der Waals surface area contributed by atoms with Gasteiger partial charge in [0.25, 0.3) is 5.56 Å². The zero-order valence-corrected chi connectivity index (χ0v) is 20.1. The summed E-state index contributed by atoms with van der Waals surface area (Å²) in [5.74, 6) is -15.0. The summed E-state index contributed by atoms with van der Waals surface area (Å²) in [5, 5.41) is 1.98. The Balaban J connectivity index is 1.84. The molecule has 0 aliphatic carbocycles. The van der Waals surface area contributed by atoms with Gasteiger partial charge in [-0.3, -0.25) is 23.7 Å². The second-order valence-electron chi connectivity index (χ2n) is 7.59. The van der Waals surface area contributed by atoms with E-state index >= 15 is 0 Å². The second-order valence-corrected chi connectivity index (χ2v) is 9.28. The first-order valence-electron chi connectivity index (χ1n) is 10.2. The fourth-order valence-electron chi connectivity index (χ4n) is 3.03. The van der Waals surface area contributed by atoms with E-state index in [-0.39, 0.29) is 5.56 Å². The van der Waals surface area contributed by atoms with E-state index in [1.54, 1.807) is 0 Å². The van der Waals surface area contributed by atoms with Crippen LogP contribution in [0.1, 0.15) is 18.7 Å². The van der Waals surface area contributed by atoms with E-state index in [2.05, 4.69) is 14.2 Å². The smallest absolute Gasteiger partial charge is 0.459 e. The molecule has 1 aromatic heterocycles. The molecule has 37 heavy (non-hydrogen) atoms. The average Bonchev–Trinajstić information content (AvgIpc) is 3.33. The minimum atomic E-state index is -5.06. The standard InChI is InChI=1S/C20H19F5N3O8P/c1-8-6-28(20(31)26-18(8)29)11-5-4-10(35-11)7-34-37(32,27-9(2)19(30)33-3)36-17-15(24)13(22)12(21)14(23)16(17)25/h4-6,9-11H,7H2,1-3H3,(H,27,32)(H,26,29,31)/t9?,10-,11+,37?/m0/s1. The number of aryl methyl sites for hydroxylation is 1. The number of hydrogen-bond acceptors (Lipinski definition) is 8. The monoisotopic (exact) mass is 555 g/mol. The van der Waals surface area contributed by atoms with Crippen molar-refractivity contribution >= 4 is 13.7 Å². The molecule has 0 radical (unpaired) electrons. The molecule has 0 saturated heterocycles. The van der Waals surface area contributed by atoms with Gasteiger partial charge in [-0.25, -0.2) is 22.5 Å². The van der Waals surface area contributed by atoms with Gasteiger partial charge >= 0.3 is 19.4 Å². The Bertz CT molecular complexity index is 1380. The summed E-state index contributed by atoms with van der Waals surface area (Å²) in [5.41, 5.74) is -1.22. The summed E-state index contributed by atoms with van der Waals surface area (Å²) in [6.45, 7) is 1.82. The average molecular weight is 555 g/mol. The predicted octanol–water partition coefficient (Wildman–Crippen LogP) is 2.35. The van der Waals surface area contributed by atoms with Crippen LogP contribution in [0.3, 0.4) is 0 Å². The summed E-state index contributed by atoms with van der Waals surface area (Å²) in [7, 11) is -4.09. The van der Waals surface area contributed by atoms with Crippen LogP contribution in [0.15, 0.2) is 27.9 Å². The van der Waals surface area contributed by atoms with Gasteiger partial charge in [-0.05, 0) is 19.9 Å². The molecule has 1 aromatic carbocycles. The van der Waals surface area contributed by atoms with Crippen LogP contribution in [0, 0.1) is 36.0 Å². The van der Waals surface area contributed by atoms with Crippen LogP contribution >= 0.6 is 7.75 Å². The van der Waals surface area contributed by atoms with Crippen molar-refractivity contribution < 1.29 is 49.8 Å². The molecule has 17 heteroatoms. The lowest BCUT2D eigenvalue weighted by Crippen LogP contribution is -2.35. The van der Waals surface area contributed by atoms with Crippen molar-refractivity contribution in [2.24, 2.45) is 0 Å². The van der Waals surface area contributed by atoms with Crippen LogP contribution in [0.25, 0.3) is 0 Å². The van der Waals surface area contributed by atoms with Crippen LogP contribution < -0.4 is 20.9 Å². The third-order valence-electron chi connectivity index (χ3n) is 4.92. The van der Waals surface area contributed by atoms with Crippen LogP contribution in [-0.4, -0.2) is 41.4 Å². The summed E-state index contributed by atoms with van der Waals surface area (Å²) in [6.07, 6.45) is 1.80. The minimum Gasteiger partial charge on any atom is -0.468 e. The van der Waals surface area contributed by atoms with Crippen LogP contribution in [0.4, 0.5) is 22.0 Å². The Morgan fingerprint density at radius 1 is 1.14 bits per heavy atom. The quantitative estimate of drug-likeness (QED) is 0.119. The number of methoxy groups -OCH3 is 1. The molecule has 1 aliphatic heterocycles. The topological polar surface area (TPSA) is 138 Å². The number of ether oxygens (including phenoxy) is 2. The molecule has 3 rings (SSSR count). The maximum atomic E-state index is 14.1. The third-order valence-corrected chi connectivity index (χ3v) is 6.54. The van der Waals surface area contributed by atoms with Gasteiger partial charge in [-0.1, -0.05) is 6.08 Å². The van der Waals surface area contributed by atoms with E-state index < -0.39 is 84.8 Å². The fourth-order valence-corrected chi connectivity index (χ4v) is 4.53. The number of aromatic nitrogens is 2. The minimum absolute atomic E-state index is 0.193. The number of benzene rings is 1. The van der Waals surface area contributed by atoms with Crippen molar-refractivity contribution in [3.8, 4) is 5.75 Å². The van der Waals surface area contributed by atoms with Crippen molar-refractivity contribution in [1.29, 1.82) is 0 Å². The molecular formula is C20H19F5N3O8P. The van der Waals surface area contributed by atoms with Crippen LogP contribution in [-0.2, 0) is 23.4 Å². The van der Waals surface area contributed by atoms with Gasteiger partial charge in [0.15, 0.2) is 6.23 Å². The second kappa shape index (κ2) is 11.0. The lowest BCUT2D eigenvalue weighted by molar-refractivity contribution is -0.142. The maximum Gasteiger partial charge on any atom is 0.459 e. The molecule has 0 spiro atoms. The molecule has 0 fully saturated rings. The molecule has 0 saturated carbocycles. The SMILES string of the molecule is COC(=O)C(C)NP(=O)(OC[C@@H]1C=C[C@H](n2cc(C)c(=O)[nH]c2=O)O1)Oc1c(F)c(F)c(F)c(F)c1F. The Labute approximate surface area is 204 Å². The number of carbonyl (C=O) groups excluding carboxylic acids is 1. The van der Waals surface area contributed by atoms with Gasteiger partial charge in [-0.2, -0.15) is 13.9 Å². The van der Waals surface area contributed by atoms with E-state index in [9.17, 15) is 40.9 Å². The lowest BCUT2D eigenvalue weighted by Gasteiger charge is -2.24. The molecule has 2 heterocycles. The summed E-state index contributed by atoms with van der Waals surface area (Å²) < 4.78 is 103. The van der Waals surface area contributed by atoms with Gasteiger partial charge < -0.3 is 14.0 Å². The van der Waals surface area contributed by atoms with Gasteiger partial charge in [0.1, 0.15) is 12.1 Å². The first-order valence-corrected chi connectivity index (χ1v) is 11.8.